The van der Waals surface area contributed by atoms with Crippen molar-refractivity contribution in [2.24, 2.45) is 0 Å². The summed E-state index contributed by atoms with van der Waals surface area (Å²) in [4.78, 5) is 18.9. The monoisotopic (exact) mass is 1130 g/mol. The second kappa shape index (κ2) is 21.9. The maximum absolute atomic E-state index is 10.4. The molecule has 12 heteroatoms. The van der Waals surface area contributed by atoms with Crippen molar-refractivity contribution in [1.29, 1.82) is 26.3 Å². The Morgan fingerprint density at radius 3 is 1.13 bits per heavy atom. The highest BCUT2D eigenvalue weighted by Gasteiger charge is 2.25. The van der Waals surface area contributed by atoms with Gasteiger partial charge in [0.1, 0.15) is 0 Å². The number of nitriles is 5. The molecule has 0 unspecified atom stereocenters. The van der Waals surface area contributed by atoms with Crippen molar-refractivity contribution < 1.29 is 0 Å². The molecule has 89 heavy (non-hydrogen) atoms. The third-order valence-corrected chi connectivity index (χ3v) is 16.3. The summed E-state index contributed by atoms with van der Waals surface area (Å²) < 4.78 is 4.34. The number of hydrogen-bond acceptors (Lipinski definition) is 5. The molecule has 0 aliphatic rings. The molecule has 0 N–H and O–H groups in total. The van der Waals surface area contributed by atoms with E-state index in [4.69, 9.17) is 32.9 Å². The second-order valence-electron chi connectivity index (χ2n) is 21.1. The van der Waals surface area contributed by atoms with E-state index < -0.39 is 0 Å². The molecule has 0 aliphatic heterocycles. The van der Waals surface area contributed by atoms with Crippen LogP contribution in [0.15, 0.2) is 200 Å². The first-order valence-electron chi connectivity index (χ1n) is 27.6. The maximum atomic E-state index is 10.4. The molecule has 2 heterocycles. The van der Waals surface area contributed by atoms with Crippen molar-refractivity contribution >= 4 is 72.0 Å². The van der Waals surface area contributed by atoms with Crippen LogP contribution in [0.1, 0.15) is 33.4 Å². The third kappa shape index (κ3) is 9.11. The summed E-state index contributed by atoms with van der Waals surface area (Å²) in [6.45, 7) is 42.1. The fourth-order valence-corrected chi connectivity index (χ4v) is 12.2. The molecular weight excluding hydrogens is 1090 g/mol. The minimum absolute atomic E-state index is 0.314. The zero-order valence-electron chi connectivity index (χ0n) is 46.9. The first-order valence-corrected chi connectivity index (χ1v) is 27.6. The summed E-state index contributed by atoms with van der Waals surface area (Å²) in [5.41, 5.74) is 17.6. The first-order chi connectivity index (χ1) is 43.5. The van der Waals surface area contributed by atoms with Gasteiger partial charge in [0.15, 0.2) is 28.4 Å². The van der Waals surface area contributed by atoms with Gasteiger partial charge in [-0.25, -0.2) is 24.2 Å². The molecule has 0 amide bonds. The molecular formula is C77H36N12. The lowest BCUT2D eigenvalue weighted by Gasteiger charge is -2.21. The highest BCUT2D eigenvalue weighted by Crippen LogP contribution is 2.47. The number of aryl methyl sites for hydroxylation is 1. The van der Waals surface area contributed by atoms with Gasteiger partial charge in [-0.2, -0.15) is 26.3 Å². The Bertz CT molecular complexity index is 5510. The van der Waals surface area contributed by atoms with Gasteiger partial charge < -0.3 is 9.13 Å². The van der Waals surface area contributed by atoms with Gasteiger partial charge in [0.05, 0.1) is 113 Å². The number of benzene rings is 11. The molecule has 0 aliphatic carbocycles. The van der Waals surface area contributed by atoms with Crippen LogP contribution in [0.4, 0.5) is 28.4 Å². The van der Waals surface area contributed by atoms with Crippen molar-refractivity contribution in [3.63, 3.8) is 0 Å². The first kappa shape index (κ1) is 54.2. The Labute approximate surface area is 510 Å². The standard InChI is InChI=1S/C77H36N12/c1-45-29-46(40-78)7-18-59(45)49-10-23-76(88-72-25-12-51(61-21-15-56(83-2)32-55(61)44-82)35-65(72)67-37-53(14-27-74(67)88)63-22-16-58(85-4)39-71(63)87-6)68(33-49)69-38-57(84-3)17-28-77(69)89-73-24-11-50(60-19-8-47(41-79)30-54(60)43-81)34-64(73)66-36-52(13-26-75(66)89)62-20-9-48(42-80)31-70(62)86-5/h7-39H,1H3. The summed E-state index contributed by atoms with van der Waals surface area (Å²) in [7, 11) is 0. The van der Waals surface area contributed by atoms with Crippen molar-refractivity contribution in [2.45, 2.75) is 6.92 Å². The quantitative estimate of drug-likeness (QED) is 0.139. The van der Waals surface area contributed by atoms with E-state index in [0.29, 0.717) is 89.8 Å². The average molecular weight is 1130 g/mol. The Morgan fingerprint density at radius 2 is 0.652 bits per heavy atom. The predicted molar refractivity (Wildman–Crippen MR) is 347 cm³/mol. The SMILES string of the molecule is [C-]#[N+]c1ccc(-c2ccc3c(c2)c2cc(-c4ccc([N+]#[C-])cc4[N+]#[C-])ccc2n3-c2ccc(-c3ccc(C#N)cc3C)cc2-c2cc([N+]#[C-])ccc2-n2c3ccc(-c4ccc(C#N)cc4C#N)cc3c3cc(-c4ccc(C#N)cc4[N+]#[C-])ccc32)c(C#N)c1. The van der Waals surface area contributed by atoms with E-state index in [-0.39, 0.29) is 0 Å². The summed E-state index contributed by atoms with van der Waals surface area (Å²) in [6, 6.07) is 72.9. The third-order valence-electron chi connectivity index (χ3n) is 16.3. The molecule has 0 saturated heterocycles. The van der Waals surface area contributed by atoms with Crippen LogP contribution >= 0.6 is 0 Å². The van der Waals surface area contributed by atoms with E-state index >= 15 is 0 Å². The van der Waals surface area contributed by atoms with Crippen molar-refractivity contribution in [2.75, 3.05) is 0 Å². The van der Waals surface area contributed by atoms with Gasteiger partial charge in [-0.05, 0) is 189 Å². The van der Waals surface area contributed by atoms with Gasteiger partial charge in [-0.3, -0.25) is 0 Å². The molecule has 0 spiro atoms. The zero-order valence-corrected chi connectivity index (χ0v) is 46.9. The second-order valence-corrected chi connectivity index (χ2v) is 21.1. The van der Waals surface area contributed by atoms with Gasteiger partial charge >= 0.3 is 0 Å². The molecule has 0 radical (unpaired) electrons. The lowest BCUT2D eigenvalue weighted by Crippen LogP contribution is -2.02. The molecule has 0 saturated carbocycles. The van der Waals surface area contributed by atoms with Crippen molar-refractivity contribution in [1.82, 2.24) is 9.13 Å². The van der Waals surface area contributed by atoms with Crippen LogP contribution in [-0.2, 0) is 0 Å². The van der Waals surface area contributed by atoms with E-state index in [1.54, 1.807) is 84.9 Å². The van der Waals surface area contributed by atoms with Gasteiger partial charge in [-0.1, -0.05) is 84.9 Å². The van der Waals surface area contributed by atoms with Gasteiger partial charge in [0, 0.05) is 38.2 Å². The fourth-order valence-electron chi connectivity index (χ4n) is 12.2. The molecule has 11 aromatic carbocycles. The topological polar surface area (TPSA) is 151 Å². The molecule has 13 rings (SSSR count). The molecule has 0 atom stereocenters. The van der Waals surface area contributed by atoms with Crippen LogP contribution in [0.5, 0.6) is 0 Å². The Morgan fingerprint density at radius 1 is 0.292 bits per heavy atom. The molecule has 2 aromatic heterocycles. The summed E-state index contributed by atoms with van der Waals surface area (Å²) in [5, 5.41) is 53.6. The van der Waals surface area contributed by atoms with E-state index in [2.05, 4.69) is 75.8 Å². The van der Waals surface area contributed by atoms with E-state index in [9.17, 15) is 26.3 Å². The summed E-state index contributed by atoms with van der Waals surface area (Å²) in [5.74, 6) is 0. The van der Waals surface area contributed by atoms with Crippen molar-refractivity contribution in [3.8, 4) is 108 Å². The van der Waals surface area contributed by atoms with Crippen LogP contribution in [0.2, 0.25) is 0 Å². The number of rotatable bonds is 8. The molecule has 12 nitrogen and oxygen atoms in total. The molecule has 13 aromatic rings. The van der Waals surface area contributed by atoms with Crippen LogP contribution in [-0.4, -0.2) is 9.13 Å². The van der Waals surface area contributed by atoms with E-state index in [1.165, 1.54) is 0 Å². The van der Waals surface area contributed by atoms with E-state index in [0.717, 1.165) is 93.8 Å². The molecule has 0 fully saturated rings. The zero-order chi connectivity index (χ0) is 61.6. The molecule has 404 valence electrons. The highest BCUT2D eigenvalue weighted by molar-refractivity contribution is 6.15. The van der Waals surface area contributed by atoms with E-state index in [1.807, 2.05) is 110 Å². The van der Waals surface area contributed by atoms with Crippen LogP contribution in [0.25, 0.3) is 146 Å². The smallest absolute Gasteiger partial charge is 0.196 e. The maximum Gasteiger partial charge on any atom is 0.196 e. The Kier molecular flexibility index (Phi) is 13.3. The van der Waals surface area contributed by atoms with Gasteiger partial charge in [-0.15, -0.1) is 0 Å². The van der Waals surface area contributed by atoms with Crippen molar-refractivity contribution in [3.05, 3.63) is 291 Å². The number of nitrogens with zero attached hydrogens (tertiary/aromatic N) is 12. The predicted octanol–water partition coefficient (Wildman–Crippen LogP) is 20.3. The lowest BCUT2D eigenvalue weighted by atomic mass is 9.93. The Balaban J connectivity index is 1.13. The Hall–Kier alpha value is -14.1. The minimum atomic E-state index is 0.314. The average Bonchev–Trinajstić information content (AvgIpc) is 1.62. The highest BCUT2D eigenvalue weighted by atomic mass is 15.0. The minimum Gasteiger partial charge on any atom is -0.309 e. The van der Waals surface area contributed by atoms with Crippen LogP contribution < -0.4 is 0 Å². The number of fused-ring (bicyclic) bond motifs is 6. The normalized spacial score (nSPS) is 10.6. The van der Waals surface area contributed by atoms with Crippen LogP contribution in [0.3, 0.4) is 0 Å². The molecule has 0 bridgehead atoms. The fraction of sp³-hybridized carbons (Fsp3) is 0.0130. The number of aromatic nitrogens is 2. The summed E-state index contributed by atoms with van der Waals surface area (Å²) >= 11 is 0. The largest absolute Gasteiger partial charge is 0.309 e. The van der Waals surface area contributed by atoms with Gasteiger partial charge in [0.2, 0.25) is 0 Å². The number of hydrogen-bond donors (Lipinski definition) is 0. The lowest BCUT2D eigenvalue weighted by molar-refractivity contribution is 1.16. The summed E-state index contributed by atoms with van der Waals surface area (Å²) in [6.07, 6.45) is 0. The van der Waals surface area contributed by atoms with Crippen LogP contribution in [0, 0.1) is 96.4 Å². The van der Waals surface area contributed by atoms with Gasteiger partial charge in [0.25, 0.3) is 0 Å².